The van der Waals surface area contributed by atoms with Gasteiger partial charge in [-0.3, -0.25) is 4.79 Å². The number of halogens is 4. The van der Waals surface area contributed by atoms with Gasteiger partial charge in [0.1, 0.15) is 0 Å². The zero-order valence-corrected chi connectivity index (χ0v) is 19.2. The van der Waals surface area contributed by atoms with Crippen LogP contribution in [0.2, 0.25) is 5.02 Å². The molecule has 1 amide bonds. The Bertz CT molecular complexity index is 1130. The molecule has 2 aromatic rings. The number of carbonyl (C=O) groups is 1. The van der Waals surface area contributed by atoms with Gasteiger partial charge in [-0.1, -0.05) is 29.8 Å². The third-order valence-corrected chi connectivity index (χ3v) is 8.39. The molecule has 2 unspecified atom stereocenters. The fourth-order valence-corrected chi connectivity index (χ4v) is 6.15. The highest BCUT2D eigenvalue weighted by atomic mass is 35.5. The van der Waals surface area contributed by atoms with Gasteiger partial charge in [-0.05, 0) is 68.0 Å². The number of nitrogens with one attached hydrogen (secondary N) is 2. The lowest BCUT2D eigenvalue weighted by Gasteiger charge is -2.26. The highest BCUT2D eigenvalue weighted by Gasteiger charge is 2.36. The minimum atomic E-state index is -4.68. The molecule has 10 heteroatoms. The van der Waals surface area contributed by atoms with E-state index in [1.54, 1.807) is 12.1 Å². The van der Waals surface area contributed by atoms with E-state index in [9.17, 15) is 26.4 Å². The van der Waals surface area contributed by atoms with E-state index < -0.39 is 38.5 Å². The second-order valence-electron chi connectivity index (χ2n) is 8.61. The SMILES string of the molecule is O=C(NC(c1ccc(S(=O)(=O)CC2CC2)cc1)C1CCCN1)c1cccc(C(F)(F)F)c1Cl. The maximum absolute atomic E-state index is 13.2. The molecule has 0 spiro atoms. The second-order valence-corrected chi connectivity index (χ2v) is 11.0. The van der Waals surface area contributed by atoms with Gasteiger partial charge >= 0.3 is 6.18 Å². The number of hydrogen-bond acceptors (Lipinski definition) is 4. The maximum atomic E-state index is 13.2. The summed E-state index contributed by atoms with van der Waals surface area (Å²) in [5, 5.41) is 5.45. The Morgan fingerprint density at radius 2 is 1.82 bits per heavy atom. The van der Waals surface area contributed by atoms with Crippen molar-refractivity contribution in [1.82, 2.24) is 10.6 Å². The Hall–Kier alpha value is -2.10. The average Bonchev–Trinajstić information content (AvgIpc) is 3.39. The van der Waals surface area contributed by atoms with Crippen LogP contribution in [0.5, 0.6) is 0 Å². The lowest BCUT2D eigenvalue weighted by Crippen LogP contribution is -2.41. The molecule has 33 heavy (non-hydrogen) atoms. The summed E-state index contributed by atoms with van der Waals surface area (Å²) in [4.78, 5) is 13.2. The Kier molecular flexibility index (Phi) is 6.75. The van der Waals surface area contributed by atoms with Crippen molar-refractivity contribution >= 4 is 27.3 Å². The number of rotatable bonds is 7. The number of benzene rings is 2. The smallest absolute Gasteiger partial charge is 0.344 e. The number of alkyl halides is 3. The van der Waals surface area contributed by atoms with Gasteiger partial charge < -0.3 is 10.6 Å². The molecule has 2 fully saturated rings. The fraction of sp³-hybridized carbons (Fsp3) is 0.435. The van der Waals surface area contributed by atoms with Crippen LogP contribution in [-0.2, 0) is 16.0 Å². The van der Waals surface area contributed by atoms with Crippen LogP contribution >= 0.6 is 11.6 Å². The molecular formula is C23H24ClF3N2O3S. The molecule has 0 aromatic heterocycles. The van der Waals surface area contributed by atoms with Crippen LogP contribution < -0.4 is 10.6 Å². The third kappa shape index (κ3) is 5.53. The summed E-state index contributed by atoms with van der Waals surface area (Å²) in [7, 11) is -3.38. The molecule has 2 atom stereocenters. The van der Waals surface area contributed by atoms with Crippen LogP contribution in [0.3, 0.4) is 0 Å². The van der Waals surface area contributed by atoms with Gasteiger partial charge in [0.25, 0.3) is 5.91 Å². The number of amides is 1. The van der Waals surface area contributed by atoms with E-state index in [0.717, 1.165) is 44.4 Å². The molecule has 1 saturated carbocycles. The van der Waals surface area contributed by atoms with Crippen molar-refractivity contribution < 1.29 is 26.4 Å². The van der Waals surface area contributed by atoms with Gasteiger partial charge in [-0.2, -0.15) is 13.2 Å². The first kappa shape index (κ1) is 24.0. The molecule has 5 nitrogen and oxygen atoms in total. The van der Waals surface area contributed by atoms with Gasteiger partial charge in [0.15, 0.2) is 9.84 Å². The summed E-state index contributed by atoms with van der Waals surface area (Å²) in [5.41, 5.74) is -0.674. The molecule has 1 aliphatic carbocycles. The second kappa shape index (κ2) is 9.27. The van der Waals surface area contributed by atoms with Crippen LogP contribution in [-0.4, -0.2) is 32.7 Å². The predicted octanol–water partition coefficient (Wildman–Crippen LogP) is 4.77. The molecule has 1 saturated heterocycles. The third-order valence-electron chi connectivity index (χ3n) is 6.09. The van der Waals surface area contributed by atoms with E-state index in [1.165, 1.54) is 18.2 Å². The molecule has 2 N–H and O–H groups in total. The van der Waals surface area contributed by atoms with Crippen molar-refractivity contribution in [2.75, 3.05) is 12.3 Å². The summed E-state index contributed by atoms with van der Waals surface area (Å²) in [6.45, 7) is 0.745. The zero-order valence-electron chi connectivity index (χ0n) is 17.7. The number of sulfone groups is 1. The van der Waals surface area contributed by atoms with Gasteiger partial charge in [0.05, 0.1) is 32.8 Å². The molecule has 2 aromatic carbocycles. The van der Waals surface area contributed by atoms with E-state index in [2.05, 4.69) is 10.6 Å². The first-order chi connectivity index (χ1) is 15.6. The van der Waals surface area contributed by atoms with Crippen LogP contribution in [0.4, 0.5) is 13.2 Å². The molecule has 1 heterocycles. The maximum Gasteiger partial charge on any atom is 0.417 e. The van der Waals surface area contributed by atoms with Crippen molar-refractivity contribution in [3.63, 3.8) is 0 Å². The first-order valence-electron chi connectivity index (χ1n) is 10.8. The monoisotopic (exact) mass is 500 g/mol. The lowest BCUT2D eigenvalue weighted by molar-refractivity contribution is -0.137. The Morgan fingerprint density at radius 3 is 2.39 bits per heavy atom. The van der Waals surface area contributed by atoms with E-state index >= 15 is 0 Å². The predicted molar refractivity (Wildman–Crippen MR) is 119 cm³/mol. The summed E-state index contributed by atoms with van der Waals surface area (Å²) < 4.78 is 64.7. The van der Waals surface area contributed by atoms with Crippen LogP contribution in [0, 0.1) is 5.92 Å². The molecule has 178 valence electrons. The number of carbonyl (C=O) groups excluding carboxylic acids is 1. The standard InChI is InChI=1S/C23H24ClF3N2O3S/c24-20-17(3-1-4-18(20)23(25,26)27)22(30)29-21(19-5-2-12-28-19)15-8-10-16(11-9-15)33(31,32)13-14-6-7-14/h1,3-4,8-11,14,19,21,28H,2,5-7,12-13H2,(H,29,30). The van der Waals surface area contributed by atoms with Crippen LogP contribution in [0.15, 0.2) is 47.4 Å². The van der Waals surface area contributed by atoms with Gasteiger partial charge in [0.2, 0.25) is 0 Å². The van der Waals surface area contributed by atoms with E-state index in [0.29, 0.717) is 5.56 Å². The van der Waals surface area contributed by atoms with Crippen molar-refractivity contribution in [2.24, 2.45) is 5.92 Å². The quantitative estimate of drug-likeness (QED) is 0.574. The van der Waals surface area contributed by atoms with Crippen molar-refractivity contribution in [3.05, 3.63) is 64.2 Å². The summed E-state index contributed by atoms with van der Waals surface area (Å²) in [6.07, 6.45) is -1.19. The summed E-state index contributed by atoms with van der Waals surface area (Å²) >= 11 is 5.93. The van der Waals surface area contributed by atoms with Crippen LogP contribution in [0.1, 0.15) is 53.2 Å². The van der Waals surface area contributed by atoms with Gasteiger partial charge in [-0.15, -0.1) is 0 Å². The molecule has 0 bridgehead atoms. The van der Waals surface area contributed by atoms with Crippen molar-refractivity contribution in [2.45, 2.75) is 48.8 Å². The Labute approximate surface area is 195 Å². The zero-order chi connectivity index (χ0) is 23.8. The minimum absolute atomic E-state index is 0.130. The Balaban J connectivity index is 1.59. The molecular weight excluding hydrogens is 477 g/mol. The lowest BCUT2D eigenvalue weighted by atomic mass is 9.97. The molecule has 0 radical (unpaired) electrons. The van der Waals surface area contributed by atoms with Crippen molar-refractivity contribution in [3.8, 4) is 0 Å². The normalized spacial score (nSPS) is 19.9. The highest BCUT2D eigenvalue weighted by Crippen LogP contribution is 2.37. The highest BCUT2D eigenvalue weighted by molar-refractivity contribution is 7.91. The van der Waals surface area contributed by atoms with E-state index in [-0.39, 0.29) is 28.2 Å². The average molecular weight is 501 g/mol. The first-order valence-corrected chi connectivity index (χ1v) is 12.8. The van der Waals surface area contributed by atoms with Crippen molar-refractivity contribution in [1.29, 1.82) is 0 Å². The van der Waals surface area contributed by atoms with Crippen LogP contribution in [0.25, 0.3) is 0 Å². The summed E-state index contributed by atoms with van der Waals surface area (Å²) in [5.74, 6) is -0.373. The largest absolute Gasteiger partial charge is 0.417 e. The number of hydrogen-bond donors (Lipinski definition) is 2. The Morgan fingerprint density at radius 1 is 1.12 bits per heavy atom. The fourth-order valence-electron chi connectivity index (χ4n) is 4.13. The van der Waals surface area contributed by atoms with E-state index in [1.807, 2.05) is 0 Å². The van der Waals surface area contributed by atoms with E-state index in [4.69, 9.17) is 11.6 Å². The minimum Gasteiger partial charge on any atom is -0.344 e. The summed E-state index contributed by atoms with van der Waals surface area (Å²) in [6, 6.07) is 8.87. The topological polar surface area (TPSA) is 75.3 Å². The van der Waals surface area contributed by atoms with Gasteiger partial charge in [-0.25, -0.2) is 8.42 Å². The van der Waals surface area contributed by atoms with Gasteiger partial charge in [0, 0.05) is 6.04 Å². The molecule has 1 aliphatic heterocycles. The molecule has 4 rings (SSSR count). The molecule has 2 aliphatic rings.